The summed E-state index contributed by atoms with van der Waals surface area (Å²) >= 11 is 5.41. The highest BCUT2D eigenvalue weighted by Gasteiger charge is 2.23. The van der Waals surface area contributed by atoms with E-state index in [4.69, 9.17) is 21.1 Å². The number of ether oxygens (including phenoxy) is 2. The van der Waals surface area contributed by atoms with E-state index < -0.39 is 10.2 Å². The smallest absolute Gasteiger partial charge is 0.279 e. The van der Waals surface area contributed by atoms with E-state index in [1.54, 1.807) is 0 Å². The normalized spacial score (nSPS) is 18.8. The standard InChI is InChI=1S/C8H17ClN2O4S/c9-1-5-14-6-2-10-16(12,13)11-3-7-15-8-4-11/h10H,1-8H2. The molecule has 0 aromatic rings. The summed E-state index contributed by atoms with van der Waals surface area (Å²) in [6, 6.07) is 0. The molecule has 1 fully saturated rings. The van der Waals surface area contributed by atoms with E-state index in [1.165, 1.54) is 4.31 Å². The summed E-state index contributed by atoms with van der Waals surface area (Å²) in [5.41, 5.74) is 0. The summed E-state index contributed by atoms with van der Waals surface area (Å²) < 4.78 is 37.4. The maximum atomic E-state index is 11.7. The number of hydrogen-bond acceptors (Lipinski definition) is 4. The van der Waals surface area contributed by atoms with Gasteiger partial charge in [-0.25, -0.2) is 0 Å². The molecule has 8 heteroatoms. The van der Waals surface area contributed by atoms with Crippen LogP contribution in [-0.2, 0) is 19.7 Å². The van der Waals surface area contributed by atoms with Crippen LogP contribution in [0.5, 0.6) is 0 Å². The fourth-order valence-electron chi connectivity index (χ4n) is 1.28. The summed E-state index contributed by atoms with van der Waals surface area (Å²) in [6.07, 6.45) is 0. The SMILES string of the molecule is O=S(=O)(NCCOCCCl)N1CCOCC1. The highest BCUT2D eigenvalue weighted by atomic mass is 35.5. The van der Waals surface area contributed by atoms with Crippen LogP contribution in [0.2, 0.25) is 0 Å². The second kappa shape index (κ2) is 7.41. The molecule has 0 atom stereocenters. The molecule has 1 saturated heterocycles. The first-order chi connectivity index (χ1) is 7.67. The first-order valence-electron chi connectivity index (χ1n) is 5.13. The lowest BCUT2D eigenvalue weighted by Crippen LogP contribution is -2.47. The van der Waals surface area contributed by atoms with Crippen molar-refractivity contribution < 1.29 is 17.9 Å². The third-order valence-corrected chi connectivity index (χ3v) is 3.83. The van der Waals surface area contributed by atoms with Crippen LogP contribution in [0.25, 0.3) is 0 Å². The molecular weight excluding hydrogens is 256 g/mol. The Hall–Kier alpha value is 0.0800. The van der Waals surface area contributed by atoms with Crippen molar-refractivity contribution in [3.63, 3.8) is 0 Å². The van der Waals surface area contributed by atoms with Gasteiger partial charge in [0.1, 0.15) is 0 Å². The van der Waals surface area contributed by atoms with Gasteiger partial charge in [-0.3, -0.25) is 0 Å². The molecule has 0 radical (unpaired) electrons. The van der Waals surface area contributed by atoms with Crippen LogP contribution in [0.15, 0.2) is 0 Å². The van der Waals surface area contributed by atoms with Crippen LogP contribution in [-0.4, -0.2) is 64.7 Å². The van der Waals surface area contributed by atoms with Gasteiger partial charge in [-0.1, -0.05) is 0 Å². The molecule has 0 aromatic carbocycles. The second-order valence-corrected chi connectivity index (χ2v) is 5.35. The van der Waals surface area contributed by atoms with E-state index in [9.17, 15) is 8.42 Å². The average molecular weight is 273 g/mol. The van der Waals surface area contributed by atoms with Crippen molar-refractivity contribution in [3.8, 4) is 0 Å². The summed E-state index contributed by atoms with van der Waals surface area (Å²) in [7, 11) is -3.38. The number of nitrogens with one attached hydrogen (secondary N) is 1. The first kappa shape index (κ1) is 14.1. The molecular formula is C8H17ClN2O4S. The van der Waals surface area contributed by atoms with E-state index in [1.807, 2.05) is 0 Å². The van der Waals surface area contributed by atoms with Crippen molar-refractivity contribution in [1.82, 2.24) is 9.03 Å². The highest BCUT2D eigenvalue weighted by Crippen LogP contribution is 2.02. The van der Waals surface area contributed by atoms with Crippen molar-refractivity contribution in [3.05, 3.63) is 0 Å². The summed E-state index contributed by atoms with van der Waals surface area (Å²) in [4.78, 5) is 0. The monoisotopic (exact) mass is 272 g/mol. The minimum Gasteiger partial charge on any atom is -0.379 e. The Morgan fingerprint density at radius 3 is 2.62 bits per heavy atom. The van der Waals surface area contributed by atoms with Crippen molar-refractivity contribution in [2.45, 2.75) is 0 Å². The summed E-state index contributed by atoms with van der Waals surface area (Å²) in [5, 5.41) is 0. The van der Waals surface area contributed by atoms with Gasteiger partial charge in [0.2, 0.25) is 0 Å². The molecule has 0 amide bonds. The lowest BCUT2D eigenvalue weighted by atomic mass is 10.5. The van der Waals surface area contributed by atoms with E-state index in [0.717, 1.165) is 0 Å². The summed E-state index contributed by atoms with van der Waals surface area (Å²) in [6.45, 7) is 2.72. The Bertz CT molecular complexity index is 280. The fraction of sp³-hybridized carbons (Fsp3) is 1.00. The number of alkyl halides is 1. The summed E-state index contributed by atoms with van der Waals surface area (Å²) in [5.74, 6) is 0.413. The molecule has 1 aliphatic heterocycles. The molecule has 0 saturated carbocycles. The molecule has 0 unspecified atom stereocenters. The molecule has 0 aliphatic carbocycles. The van der Waals surface area contributed by atoms with Crippen LogP contribution >= 0.6 is 11.6 Å². The van der Waals surface area contributed by atoms with Crippen LogP contribution < -0.4 is 4.72 Å². The van der Waals surface area contributed by atoms with Crippen LogP contribution in [0, 0.1) is 0 Å². The third kappa shape index (κ3) is 4.94. The van der Waals surface area contributed by atoms with E-state index in [2.05, 4.69) is 4.72 Å². The second-order valence-electron chi connectivity index (χ2n) is 3.21. The zero-order valence-electron chi connectivity index (χ0n) is 9.02. The van der Waals surface area contributed by atoms with E-state index in [-0.39, 0.29) is 6.54 Å². The largest absolute Gasteiger partial charge is 0.379 e. The van der Waals surface area contributed by atoms with Crippen molar-refractivity contribution in [1.29, 1.82) is 0 Å². The molecule has 0 bridgehead atoms. The number of nitrogens with zero attached hydrogens (tertiary/aromatic N) is 1. The molecule has 1 heterocycles. The number of rotatable bonds is 7. The zero-order valence-corrected chi connectivity index (χ0v) is 10.6. The lowest BCUT2D eigenvalue weighted by Gasteiger charge is -2.26. The van der Waals surface area contributed by atoms with Gasteiger partial charge in [0.25, 0.3) is 10.2 Å². The van der Waals surface area contributed by atoms with Crippen LogP contribution in [0.1, 0.15) is 0 Å². The Morgan fingerprint density at radius 2 is 2.00 bits per heavy atom. The highest BCUT2D eigenvalue weighted by molar-refractivity contribution is 7.87. The Balaban J connectivity index is 2.22. The number of morpholine rings is 1. The Kier molecular flexibility index (Phi) is 6.55. The van der Waals surface area contributed by atoms with Crippen molar-refractivity contribution in [2.75, 3.05) is 51.9 Å². The predicted molar refractivity (Wildman–Crippen MR) is 60.9 cm³/mol. The van der Waals surface area contributed by atoms with Crippen LogP contribution in [0.3, 0.4) is 0 Å². The van der Waals surface area contributed by atoms with Gasteiger partial charge >= 0.3 is 0 Å². The van der Waals surface area contributed by atoms with Gasteiger partial charge in [0, 0.05) is 25.5 Å². The minimum atomic E-state index is -3.38. The van der Waals surface area contributed by atoms with E-state index >= 15 is 0 Å². The van der Waals surface area contributed by atoms with Gasteiger partial charge in [0.15, 0.2) is 0 Å². The molecule has 0 spiro atoms. The van der Waals surface area contributed by atoms with Gasteiger partial charge in [-0.2, -0.15) is 17.4 Å². The van der Waals surface area contributed by atoms with Crippen LogP contribution in [0.4, 0.5) is 0 Å². The minimum absolute atomic E-state index is 0.260. The topological polar surface area (TPSA) is 67.9 Å². The van der Waals surface area contributed by atoms with Gasteiger partial charge in [-0.15, -0.1) is 11.6 Å². The maximum Gasteiger partial charge on any atom is 0.279 e. The lowest BCUT2D eigenvalue weighted by molar-refractivity contribution is 0.0722. The van der Waals surface area contributed by atoms with Gasteiger partial charge < -0.3 is 9.47 Å². The molecule has 6 nitrogen and oxygen atoms in total. The predicted octanol–water partition coefficient (Wildman–Crippen LogP) is -0.592. The van der Waals surface area contributed by atoms with E-state index in [0.29, 0.717) is 45.4 Å². The first-order valence-corrected chi connectivity index (χ1v) is 7.10. The van der Waals surface area contributed by atoms with Gasteiger partial charge in [-0.05, 0) is 0 Å². The Morgan fingerprint density at radius 1 is 1.31 bits per heavy atom. The van der Waals surface area contributed by atoms with Crippen molar-refractivity contribution in [2.24, 2.45) is 0 Å². The molecule has 1 rings (SSSR count). The molecule has 1 aliphatic rings. The average Bonchev–Trinajstić information content (AvgIpc) is 2.30. The Labute approximate surface area is 101 Å². The molecule has 1 N–H and O–H groups in total. The quantitative estimate of drug-likeness (QED) is 0.497. The number of hydrogen-bond donors (Lipinski definition) is 1. The van der Waals surface area contributed by atoms with Crippen molar-refractivity contribution >= 4 is 21.8 Å². The molecule has 16 heavy (non-hydrogen) atoms. The fourth-order valence-corrected chi connectivity index (χ4v) is 2.54. The molecule has 96 valence electrons. The number of halogens is 1. The zero-order chi connectivity index (χ0) is 11.9. The third-order valence-electron chi connectivity index (χ3n) is 2.06. The molecule has 0 aromatic heterocycles. The van der Waals surface area contributed by atoms with Gasteiger partial charge in [0.05, 0.1) is 26.4 Å². The maximum absolute atomic E-state index is 11.7.